The highest BCUT2D eigenvalue weighted by Gasteiger charge is 2.18. The van der Waals surface area contributed by atoms with Gasteiger partial charge in [0, 0.05) is 0 Å². The lowest BCUT2D eigenvalue weighted by Gasteiger charge is -2.01. The Morgan fingerprint density at radius 2 is 2.39 bits per heavy atom. The first-order chi connectivity index (χ1) is 8.60. The Hall–Kier alpha value is -2.06. The molecule has 0 amide bonds. The van der Waals surface area contributed by atoms with Crippen molar-refractivity contribution in [2.75, 3.05) is 6.61 Å². The van der Waals surface area contributed by atoms with Gasteiger partial charge in [-0.15, -0.1) is 0 Å². The molecule has 0 saturated heterocycles. The van der Waals surface area contributed by atoms with Gasteiger partial charge in [0.2, 0.25) is 5.69 Å². The second kappa shape index (κ2) is 4.67. The number of rotatable bonds is 2. The van der Waals surface area contributed by atoms with Crippen LogP contribution in [-0.2, 0) is 4.74 Å². The van der Waals surface area contributed by atoms with Crippen molar-refractivity contribution in [3.8, 4) is 0 Å². The zero-order chi connectivity index (χ0) is 13.3. The summed E-state index contributed by atoms with van der Waals surface area (Å²) in [5.41, 5.74) is 1.85. The van der Waals surface area contributed by atoms with Gasteiger partial charge in [-0.3, -0.25) is 0 Å². The molecule has 0 aliphatic heterocycles. The lowest BCUT2D eigenvalue weighted by molar-refractivity contribution is 0.0525. The molecular weight excluding hydrogens is 254 g/mol. The molecule has 18 heavy (non-hydrogen) atoms. The van der Waals surface area contributed by atoms with E-state index in [4.69, 9.17) is 22.9 Å². The van der Waals surface area contributed by atoms with Crippen molar-refractivity contribution in [2.24, 2.45) is 0 Å². The van der Waals surface area contributed by atoms with E-state index < -0.39 is 5.97 Å². The molecule has 0 bridgehead atoms. The van der Waals surface area contributed by atoms with Crippen LogP contribution in [0.15, 0.2) is 12.3 Å². The number of aryl methyl sites for hydroxylation is 1. The Bertz CT molecular complexity index is 670. The molecule has 0 aliphatic carbocycles. The predicted octanol–water partition coefficient (Wildman–Crippen LogP) is 3.02. The summed E-state index contributed by atoms with van der Waals surface area (Å²) in [7, 11) is 0. The number of nitrogens with zero attached hydrogens (tertiary/aromatic N) is 3. The van der Waals surface area contributed by atoms with E-state index in [1.807, 2.05) is 0 Å². The van der Waals surface area contributed by atoms with Crippen LogP contribution in [0.4, 0.5) is 5.69 Å². The summed E-state index contributed by atoms with van der Waals surface area (Å²) >= 11 is 6.08. The first-order valence-corrected chi connectivity index (χ1v) is 5.69. The molecule has 0 atom stereocenters. The summed E-state index contributed by atoms with van der Waals surface area (Å²) in [6.45, 7) is 10.8. The van der Waals surface area contributed by atoms with Crippen molar-refractivity contribution in [2.45, 2.75) is 13.8 Å². The molecule has 0 N–H and O–H groups in total. The van der Waals surface area contributed by atoms with Crippen LogP contribution >= 0.6 is 11.6 Å². The lowest BCUT2D eigenvalue weighted by atomic mass is 10.2. The molecule has 0 fully saturated rings. The van der Waals surface area contributed by atoms with E-state index in [2.05, 4.69) is 9.94 Å². The fourth-order valence-corrected chi connectivity index (χ4v) is 1.92. The molecule has 6 heteroatoms. The Kier molecular flexibility index (Phi) is 3.21. The zero-order valence-electron chi connectivity index (χ0n) is 9.90. The SMILES string of the molecule is [C-]#[N+]c1cnn2c(C)c(C(=O)OCC)cc2c1Cl. The van der Waals surface area contributed by atoms with Crippen LogP contribution in [0.3, 0.4) is 0 Å². The van der Waals surface area contributed by atoms with Gasteiger partial charge in [0.1, 0.15) is 0 Å². The maximum absolute atomic E-state index is 11.7. The van der Waals surface area contributed by atoms with Gasteiger partial charge in [-0.1, -0.05) is 11.6 Å². The van der Waals surface area contributed by atoms with Crippen LogP contribution in [0, 0.1) is 13.5 Å². The average Bonchev–Trinajstić information content (AvgIpc) is 2.69. The third-order valence-corrected chi connectivity index (χ3v) is 2.97. The minimum atomic E-state index is -0.416. The summed E-state index contributed by atoms with van der Waals surface area (Å²) in [4.78, 5) is 15.0. The third-order valence-electron chi connectivity index (χ3n) is 2.58. The monoisotopic (exact) mass is 263 g/mol. The number of esters is 1. The van der Waals surface area contributed by atoms with Gasteiger partial charge >= 0.3 is 5.97 Å². The van der Waals surface area contributed by atoms with Crippen LogP contribution in [-0.4, -0.2) is 22.2 Å². The number of halogens is 1. The molecular formula is C12H10ClN3O2. The molecule has 92 valence electrons. The predicted molar refractivity (Wildman–Crippen MR) is 67.2 cm³/mol. The smallest absolute Gasteiger partial charge is 0.340 e. The molecule has 0 aromatic carbocycles. The van der Waals surface area contributed by atoms with Gasteiger partial charge in [-0.05, 0) is 19.9 Å². The maximum Gasteiger partial charge on any atom is 0.340 e. The molecule has 0 radical (unpaired) electrons. The molecule has 0 spiro atoms. The molecule has 0 saturated carbocycles. The second-order valence-corrected chi connectivity index (χ2v) is 3.99. The van der Waals surface area contributed by atoms with Crippen LogP contribution in [0.25, 0.3) is 10.4 Å². The number of aromatic nitrogens is 2. The third kappa shape index (κ3) is 1.81. The fraction of sp³-hybridized carbons (Fsp3) is 0.250. The molecule has 5 nitrogen and oxygen atoms in total. The quantitative estimate of drug-likeness (QED) is 0.618. The van der Waals surface area contributed by atoms with E-state index in [-0.39, 0.29) is 5.69 Å². The number of hydrogen-bond donors (Lipinski definition) is 0. The van der Waals surface area contributed by atoms with E-state index in [0.29, 0.717) is 28.4 Å². The fourth-order valence-electron chi connectivity index (χ4n) is 1.70. The van der Waals surface area contributed by atoms with Crippen LogP contribution in [0.5, 0.6) is 0 Å². The van der Waals surface area contributed by atoms with Gasteiger partial charge < -0.3 is 4.74 Å². The first kappa shape index (κ1) is 12.4. The highest BCUT2D eigenvalue weighted by atomic mass is 35.5. The Morgan fingerprint density at radius 1 is 1.67 bits per heavy atom. The van der Waals surface area contributed by atoms with E-state index in [1.54, 1.807) is 19.9 Å². The summed E-state index contributed by atoms with van der Waals surface area (Å²) in [6.07, 6.45) is 1.38. The number of fused-ring (bicyclic) bond motifs is 1. The highest BCUT2D eigenvalue weighted by molar-refractivity contribution is 6.36. The standard InChI is InChI=1S/C12H10ClN3O2/c1-4-18-12(17)8-5-10-11(13)9(14-3)6-15-16(10)7(8)2/h5-6H,4H2,1-2H3. The first-order valence-electron chi connectivity index (χ1n) is 5.31. The lowest BCUT2D eigenvalue weighted by Crippen LogP contribution is -2.05. The van der Waals surface area contributed by atoms with Gasteiger partial charge in [-0.2, -0.15) is 5.10 Å². The van der Waals surface area contributed by atoms with Crippen LogP contribution < -0.4 is 0 Å². The van der Waals surface area contributed by atoms with Crippen molar-refractivity contribution < 1.29 is 9.53 Å². The summed E-state index contributed by atoms with van der Waals surface area (Å²) in [5.74, 6) is -0.416. The Balaban J connectivity index is 2.67. The summed E-state index contributed by atoms with van der Waals surface area (Å²) in [5, 5.41) is 4.38. The van der Waals surface area contributed by atoms with E-state index in [1.165, 1.54) is 10.7 Å². The Morgan fingerprint density at radius 3 is 3.00 bits per heavy atom. The van der Waals surface area contributed by atoms with E-state index >= 15 is 0 Å². The number of carbonyl (C=O) groups is 1. The van der Waals surface area contributed by atoms with Crippen molar-refractivity contribution >= 4 is 28.8 Å². The molecule has 2 rings (SSSR count). The summed E-state index contributed by atoms with van der Waals surface area (Å²) in [6, 6.07) is 1.59. The van der Waals surface area contributed by atoms with E-state index in [0.717, 1.165) is 0 Å². The zero-order valence-corrected chi connectivity index (χ0v) is 10.7. The van der Waals surface area contributed by atoms with Crippen molar-refractivity contribution in [1.82, 2.24) is 9.61 Å². The van der Waals surface area contributed by atoms with Gasteiger partial charge in [0.15, 0.2) is 0 Å². The topological polar surface area (TPSA) is 48.0 Å². The minimum absolute atomic E-state index is 0.261. The van der Waals surface area contributed by atoms with Crippen molar-refractivity contribution in [1.29, 1.82) is 0 Å². The van der Waals surface area contributed by atoms with Gasteiger partial charge in [0.25, 0.3) is 0 Å². The minimum Gasteiger partial charge on any atom is -0.462 e. The van der Waals surface area contributed by atoms with Gasteiger partial charge in [0.05, 0.1) is 41.2 Å². The normalized spacial score (nSPS) is 10.3. The number of carbonyl (C=O) groups excluding carboxylic acids is 1. The van der Waals surface area contributed by atoms with Crippen molar-refractivity contribution in [3.05, 3.63) is 40.0 Å². The van der Waals surface area contributed by atoms with Gasteiger partial charge in [-0.25, -0.2) is 14.2 Å². The van der Waals surface area contributed by atoms with Crippen LogP contribution in [0.2, 0.25) is 5.02 Å². The molecule has 2 heterocycles. The van der Waals surface area contributed by atoms with Crippen LogP contribution in [0.1, 0.15) is 23.0 Å². The Labute approximate surface area is 109 Å². The molecule has 0 unspecified atom stereocenters. The average molecular weight is 264 g/mol. The van der Waals surface area contributed by atoms with E-state index in [9.17, 15) is 4.79 Å². The summed E-state index contributed by atoms with van der Waals surface area (Å²) < 4.78 is 6.48. The molecule has 2 aromatic heterocycles. The highest BCUT2D eigenvalue weighted by Crippen LogP contribution is 2.30. The largest absolute Gasteiger partial charge is 0.462 e. The number of ether oxygens (including phenoxy) is 1. The van der Waals surface area contributed by atoms with Crippen molar-refractivity contribution in [3.63, 3.8) is 0 Å². The molecule has 2 aromatic rings. The molecule has 0 aliphatic rings. The number of hydrogen-bond acceptors (Lipinski definition) is 3. The second-order valence-electron chi connectivity index (χ2n) is 3.62. The maximum atomic E-state index is 11.7.